The number of fused-ring (bicyclic) bond motifs is 1. The Bertz CT molecular complexity index is 745. The first-order valence-corrected chi connectivity index (χ1v) is 7.14. The van der Waals surface area contributed by atoms with Gasteiger partial charge in [-0.1, -0.05) is 18.2 Å². The fourth-order valence-corrected chi connectivity index (χ4v) is 2.42. The minimum Gasteiger partial charge on any atom is -0.497 e. The third kappa shape index (κ3) is 3.42. The molecular formula is C17H16N2O4. The molecule has 0 fully saturated rings. The van der Waals surface area contributed by atoms with Crippen molar-refractivity contribution in [1.82, 2.24) is 0 Å². The molecule has 1 aliphatic heterocycles. The van der Waals surface area contributed by atoms with E-state index in [0.717, 1.165) is 5.69 Å². The Morgan fingerprint density at radius 2 is 2.09 bits per heavy atom. The van der Waals surface area contributed by atoms with Crippen LogP contribution in [0.15, 0.2) is 48.5 Å². The number of esters is 1. The van der Waals surface area contributed by atoms with Crippen molar-refractivity contribution in [1.29, 1.82) is 0 Å². The molecule has 118 valence electrons. The average molecular weight is 312 g/mol. The molecule has 0 radical (unpaired) electrons. The molecule has 23 heavy (non-hydrogen) atoms. The number of nitrogens with zero attached hydrogens (tertiary/aromatic N) is 1. The van der Waals surface area contributed by atoms with Crippen LogP contribution in [0.4, 0.5) is 11.4 Å². The second kappa shape index (κ2) is 6.39. The number of hydrogen-bond acceptors (Lipinski definition) is 5. The monoisotopic (exact) mass is 312 g/mol. The van der Waals surface area contributed by atoms with Crippen molar-refractivity contribution in [2.45, 2.75) is 0 Å². The van der Waals surface area contributed by atoms with Gasteiger partial charge in [-0.15, -0.1) is 0 Å². The fraction of sp³-hybridized carbons (Fsp3) is 0.176. The van der Waals surface area contributed by atoms with Gasteiger partial charge in [0.2, 0.25) is 5.91 Å². The van der Waals surface area contributed by atoms with Gasteiger partial charge in [0.1, 0.15) is 12.3 Å². The molecule has 1 amide bonds. The number of carbonyl (C=O) groups excluding carboxylic acids is 2. The van der Waals surface area contributed by atoms with E-state index in [1.165, 1.54) is 0 Å². The molecule has 0 bridgehead atoms. The minimum atomic E-state index is -0.377. The summed E-state index contributed by atoms with van der Waals surface area (Å²) in [7, 11) is 1.57. The smallest absolute Gasteiger partial charge is 0.331 e. The van der Waals surface area contributed by atoms with E-state index in [1.54, 1.807) is 48.4 Å². The maximum atomic E-state index is 12.3. The zero-order chi connectivity index (χ0) is 16.2. The molecule has 1 heterocycles. The molecule has 0 aliphatic carbocycles. The summed E-state index contributed by atoms with van der Waals surface area (Å²) in [6.07, 6.45) is 0. The number of amides is 1. The number of benzene rings is 2. The Morgan fingerprint density at radius 3 is 2.91 bits per heavy atom. The summed E-state index contributed by atoms with van der Waals surface area (Å²) in [4.78, 5) is 25.6. The summed E-state index contributed by atoms with van der Waals surface area (Å²) in [6, 6.07) is 14.3. The van der Waals surface area contributed by atoms with E-state index >= 15 is 0 Å². The SMILES string of the molecule is COc1cccc(NC(=O)CN2CC(=O)Oc3ccccc32)c1. The van der Waals surface area contributed by atoms with Gasteiger partial charge in [-0.3, -0.25) is 4.79 Å². The third-order valence-electron chi connectivity index (χ3n) is 3.44. The van der Waals surface area contributed by atoms with Crippen LogP contribution in [-0.4, -0.2) is 32.1 Å². The van der Waals surface area contributed by atoms with Crippen molar-refractivity contribution in [2.24, 2.45) is 0 Å². The van der Waals surface area contributed by atoms with Crippen molar-refractivity contribution in [3.63, 3.8) is 0 Å². The van der Waals surface area contributed by atoms with E-state index in [1.807, 2.05) is 12.1 Å². The number of rotatable bonds is 4. The van der Waals surface area contributed by atoms with Gasteiger partial charge in [-0.2, -0.15) is 0 Å². The van der Waals surface area contributed by atoms with Crippen molar-refractivity contribution in [3.05, 3.63) is 48.5 Å². The molecule has 1 aliphatic rings. The Hall–Kier alpha value is -3.02. The van der Waals surface area contributed by atoms with Gasteiger partial charge in [-0.05, 0) is 24.3 Å². The molecule has 0 saturated carbocycles. The number of carbonyl (C=O) groups is 2. The van der Waals surface area contributed by atoms with E-state index < -0.39 is 0 Å². The van der Waals surface area contributed by atoms with Gasteiger partial charge in [0.15, 0.2) is 5.75 Å². The van der Waals surface area contributed by atoms with Crippen LogP contribution in [0.5, 0.6) is 11.5 Å². The fourth-order valence-electron chi connectivity index (χ4n) is 2.42. The molecule has 0 aromatic heterocycles. The van der Waals surface area contributed by atoms with Crippen LogP contribution >= 0.6 is 0 Å². The molecule has 0 unspecified atom stereocenters. The quantitative estimate of drug-likeness (QED) is 0.691. The molecule has 3 rings (SSSR count). The van der Waals surface area contributed by atoms with Crippen LogP contribution in [0.2, 0.25) is 0 Å². The van der Waals surface area contributed by atoms with Crippen LogP contribution in [0.25, 0.3) is 0 Å². The topological polar surface area (TPSA) is 67.9 Å². The average Bonchev–Trinajstić information content (AvgIpc) is 2.54. The number of hydrogen-bond donors (Lipinski definition) is 1. The van der Waals surface area contributed by atoms with Crippen LogP contribution in [0.3, 0.4) is 0 Å². The number of para-hydroxylation sites is 2. The summed E-state index contributed by atoms with van der Waals surface area (Å²) in [5.74, 6) is 0.535. The number of methoxy groups -OCH3 is 1. The number of nitrogens with one attached hydrogen (secondary N) is 1. The lowest BCUT2D eigenvalue weighted by atomic mass is 10.2. The van der Waals surface area contributed by atoms with Crippen LogP contribution in [0.1, 0.15) is 0 Å². The summed E-state index contributed by atoms with van der Waals surface area (Å²) in [6.45, 7) is 0.103. The van der Waals surface area contributed by atoms with Gasteiger partial charge in [0.25, 0.3) is 0 Å². The van der Waals surface area contributed by atoms with E-state index in [2.05, 4.69) is 5.32 Å². The highest BCUT2D eigenvalue weighted by molar-refractivity contribution is 5.96. The zero-order valence-electron chi connectivity index (χ0n) is 12.6. The molecule has 6 heteroatoms. The second-order valence-electron chi connectivity index (χ2n) is 5.08. The van der Waals surface area contributed by atoms with E-state index in [0.29, 0.717) is 17.2 Å². The zero-order valence-corrected chi connectivity index (χ0v) is 12.6. The summed E-state index contributed by atoms with van der Waals surface area (Å²) in [5, 5.41) is 2.80. The van der Waals surface area contributed by atoms with Gasteiger partial charge < -0.3 is 19.7 Å². The molecule has 0 saturated heterocycles. The first-order valence-electron chi connectivity index (χ1n) is 7.14. The molecular weight excluding hydrogens is 296 g/mol. The normalized spacial score (nSPS) is 13.1. The highest BCUT2D eigenvalue weighted by Crippen LogP contribution is 2.31. The summed E-state index contributed by atoms with van der Waals surface area (Å²) >= 11 is 0. The number of ether oxygens (including phenoxy) is 2. The van der Waals surface area contributed by atoms with Crippen molar-refractivity contribution < 1.29 is 19.1 Å². The first-order chi connectivity index (χ1) is 11.2. The van der Waals surface area contributed by atoms with Crippen LogP contribution in [-0.2, 0) is 9.59 Å². The van der Waals surface area contributed by atoms with Crippen molar-refractivity contribution in [2.75, 3.05) is 30.4 Å². The van der Waals surface area contributed by atoms with Gasteiger partial charge in [-0.25, -0.2) is 4.79 Å². The van der Waals surface area contributed by atoms with E-state index in [9.17, 15) is 9.59 Å². The van der Waals surface area contributed by atoms with Crippen LogP contribution in [0, 0.1) is 0 Å². The highest BCUT2D eigenvalue weighted by atomic mass is 16.5. The lowest BCUT2D eigenvalue weighted by Gasteiger charge is -2.29. The number of anilines is 2. The predicted octanol–water partition coefficient (Wildman–Crippen LogP) is 2.06. The van der Waals surface area contributed by atoms with Gasteiger partial charge in [0, 0.05) is 11.8 Å². The highest BCUT2D eigenvalue weighted by Gasteiger charge is 2.25. The Morgan fingerprint density at radius 1 is 1.26 bits per heavy atom. The van der Waals surface area contributed by atoms with Crippen molar-refractivity contribution >= 4 is 23.3 Å². The van der Waals surface area contributed by atoms with Gasteiger partial charge >= 0.3 is 5.97 Å². The van der Waals surface area contributed by atoms with E-state index in [4.69, 9.17) is 9.47 Å². The second-order valence-corrected chi connectivity index (χ2v) is 5.08. The molecule has 2 aromatic carbocycles. The molecule has 1 N–H and O–H groups in total. The Balaban J connectivity index is 1.71. The van der Waals surface area contributed by atoms with E-state index in [-0.39, 0.29) is 25.0 Å². The summed E-state index contributed by atoms with van der Waals surface area (Å²) < 4.78 is 10.3. The Kier molecular flexibility index (Phi) is 4.14. The lowest BCUT2D eigenvalue weighted by Crippen LogP contribution is -2.41. The minimum absolute atomic E-state index is 0.0442. The molecule has 0 spiro atoms. The Labute approximate surface area is 133 Å². The van der Waals surface area contributed by atoms with Gasteiger partial charge in [0.05, 0.1) is 19.3 Å². The molecule has 6 nitrogen and oxygen atoms in total. The first kappa shape index (κ1) is 14.9. The largest absolute Gasteiger partial charge is 0.497 e. The predicted molar refractivity (Wildman–Crippen MR) is 85.9 cm³/mol. The molecule has 0 atom stereocenters. The maximum absolute atomic E-state index is 12.3. The molecule has 2 aromatic rings. The standard InChI is InChI=1S/C17H16N2O4/c1-22-13-6-4-5-12(9-13)18-16(20)10-19-11-17(21)23-15-8-3-2-7-14(15)19/h2-9H,10-11H2,1H3,(H,18,20). The summed E-state index contributed by atoms with van der Waals surface area (Å²) in [5.41, 5.74) is 1.37. The lowest BCUT2D eigenvalue weighted by molar-refractivity contribution is -0.133. The third-order valence-corrected chi connectivity index (χ3v) is 3.44. The van der Waals surface area contributed by atoms with Crippen LogP contribution < -0.4 is 19.7 Å². The van der Waals surface area contributed by atoms with Crippen molar-refractivity contribution in [3.8, 4) is 11.5 Å². The maximum Gasteiger partial charge on any atom is 0.331 e.